The Kier molecular flexibility index (Phi) is 4.71. The Labute approximate surface area is 146 Å². The predicted molar refractivity (Wildman–Crippen MR) is 84.4 cm³/mol. The molecule has 1 amide bonds. The number of nitrogens with one attached hydrogen (secondary N) is 1. The summed E-state index contributed by atoms with van der Waals surface area (Å²) in [5, 5.41) is 12.2. The van der Waals surface area contributed by atoms with Gasteiger partial charge in [-0.1, -0.05) is 17.7 Å². The third-order valence-corrected chi connectivity index (χ3v) is 4.58. The number of aliphatic hydroxyl groups excluding tert-OH is 1. The highest BCUT2D eigenvalue weighted by molar-refractivity contribution is 6.31. The summed E-state index contributed by atoms with van der Waals surface area (Å²) >= 11 is 5.81. The van der Waals surface area contributed by atoms with Gasteiger partial charge in [0.15, 0.2) is 11.6 Å². The second kappa shape index (κ2) is 6.65. The number of aromatic nitrogens is 1. The molecule has 4 nitrogen and oxygen atoms in total. The molecule has 0 fully saturated rings. The molecule has 1 heterocycles. The molecule has 0 saturated heterocycles. The molecule has 1 aromatic carbocycles. The highest BCUT2D eigenvalue weighted by atomic mass is 35.5. The van der Waals surface area contributed by atoms with E-state index in [2.05, 4.69) is 10.3 Å². The van der Waals surface area contributed by atoms with Gasteiger partial charge in [0.2, 0.25) is 5.67 Å². The molecule has 2 aromatic rings. The summed E-state index contributed by atoms with van der Waals surface area (Å²) in [4.78, 5) is 16.4. The monoisotopic (exact) mass is 370 g/mol. The highest BCUT2D eigenvalue weighted by Gasteiger charge is 2.46. The van der Waals surface area contributed by atoms with E-state index in [-0.39, 0.29) is 41.2 Å². The van der Waals surface area contributed by atoms with Gasteiger partial charge in [-0.2, -0.15) is 0 Å². The highest BCUT2D eigenvalue weighted by Crippen LogP contribution is 2.42. The first-order valence-electron chi connectivity index (χ1n) is 7.57. The van der Waals surface area contributed by atoms with Gasteiger partial charge in [-0.15, -0.1) is 0 Å². The topological polar surface area (TPSA) is 62.2 Å². The van der Waals surface area contributed by atoms with E-state index in [0.717, 1.165) is 12.1 Å². The number of aliphatic hydroxyl groups is 1. The van der Waals surface area contributed by atoms with Crippen LogP contribution in [0.5, 0.6) is 0 Å². The summed E-state index contributed by atoms with van der Waals surface area (Å²) in [5.41, 5.74) is -2.12. The zero-order valence-electron chi connectivity index (χ0n) is 12.9. The molecule has 132 valence electrons. The van der Waals surface area contributed by atoms with Crippen molar-refractivity contribution in [2.75, 3.05) is 0 Å². The van der Waals surface area contributed by atoms with Crippen molar-refractivity contribution in [3.8, 4) is 0 Å². The number of hydrogen-bond donors (Lipinski definition) is 2. The summed E-state index contributed by atoms with van der Waals surface area (Å²) in [5.74, 6) is -3.17. The summed E-state index contributed by atoms with van der Waals surface area (Å²) in [6.07, 6.45) is 0.296. The average molecular weight is 371 g/mol. The zero-order valence-corrected chi connectivity index (χ0v) is 13.7. The van der Waals surface area contributed by atoms with Gasteiger partial charge in [-0.25, -0.2) is 13.2 Å². The molecule has 25 heavy (non-hydrogen) atoms. The maximum absolute atomic E-state index is 15.3. The Bertz CT molecular complexity index is 834. The van der Waals surface area contributed by atoms with Crippen LogP contribution in [0.25, 0.3) is 0 Å². The third-order valence-electron chi connectivity index (χ3n) is 4.23. The number of rotatable bonds is 3. The van der Waals surface area contributed by atoms with E-state index < -0.39 is 29.3 Å². The molecule has 1 aliphatic rings. The van der Waals surface area contributed by atoms with Crippen LogP contribution < -0.4 is 5.32 Å². The van der Waals surface area contributed by atoms with Crippen molar-refractivity contribution in [2.45, 2.75) is 31.2 Å². The quantitative estimate of drug-likeness (QED) is 0.815. The lowest BCUT2D eigenvalue weighted by atomic mass is 9.81. The first-order valence-corrected chi connectivity index (χ1v) is 7.95. The van der Waals surface area contributed by atoms with E-state index in [0.29, 0.717) is 0 Å². The number of carbonyl (C=O) groups excluding carboxylic acids is 1. The number of halogens is 4. The maximum Gasteiger partial charge on any atom is 0.262 e. The van der Waals surface area contributed by atoms with Gasteiger partial charge < -0.3 is 10.4 Å². The minimum absolute atomic E-state index is 0.00244. The number of alkyl halides is 1. The van der Waals surface area contributed by atoms with Crippen LogP contribution in [0.1, 0.15) is 35.8 Å². The van der Waals surface area contributed by atoms with Gasteiger partial charge in [-0.05, 0) is 36.6 Å². The molecule has 1 aromatic heterocycles. The van der Waals surface area contributed by atoms with Crippen molar-refractivity contribution >= 4 is 17.5 Å². The number of fused-ring (bicyclic) bond motifs is 1. The molecule has 8 heteroatoms. The molecule has 0 saturated carbocycles. The van der Waals surface area contributed by atoms with Crippen LogP contribution in [0.4, 0.5) is 13.2 Å². The van der Waals surface area contributed by atoms with Crippen LogP contribution in [-0.4, -0.2) is 16.0 Å². The minimum Gasteiger partial charge on any atom is -0.387 e. The minimum atomic E-state index is -2.37. The van der Waals surface area contributed by atoms with E-state index in [1.165, 1.54) is 18.3 Å². The average Bonchev–Trinajstić information content (AvgIpc) is 2.60. The van der Waals surface area contributed by atoms with Crippen molar-refractivity contribution in [3.05, 3.63) is 63.9 Å². The van der Waals surface area contributed by atoms with E-state index in [1.54, 1.807) is 0 Å². The standard InChI is InChI=1S/C17H14ClF3N2O2/c18-11-7-13(20)12(19)6-9(11)8-23-16(25)17(21)4-3-14(24)15-10(17)2-1-5-22-15/h1-2,5-7,14,24H,3-4,8H2,(H,23,25)/t14-,17-/m1/s1. The van der Waals surface area contributed by atoms with Gasteiger partial charge in [0.1, 0.15) is 0 Å². The third kappa shape index (κ3) is 3.21. The molecule has 2 N–H and O–H groups in total. The van der Waals surface area contributed by atoms with E-state index in [1.807, 2.05) is 0 Å². The Morgan fingerprint density at radius 3 is 2.88 bits per heavy atom. The summed E-state index contributed by atoms with van der Waals surface area (Å²) in [7, 11) is 0. The van der Waals surface area contributed by atoms with Gasteiger partial charge in [-0.3, -0.25) is 9.78 Å². The maximum atomic E-state index is 15.3. The number of pyridine rings is 1. The van der Waals surface area contributed by atoms with E-state index >= 15 is 4.39 Å². The van der Waals surface area contributed by atoms with Gasteiger partial charge in [0.05, 0.1) is 11.8 Å². The summed E-state index contributed by atoms with van der Waals surface area (Å²) in [6, 6.07) is 4.52. The number of hydrogen-bond acceptors (Lipinski definition) is 3. The molecule has 0 bridgehead atoms. The molecule has 0 aliphatic heterocycles. The van der Waals surface area contributed by atoms with Crippen LogP contribution >= 0.6 is 11.6 Å². The lowest BCUT2D eigenvalue weighted by Crippen LogP contribution is -2.44. The number of carbonyl (C=O) groups is 1. The number of amides is 1. The second-order valence-corrected chi connectivity index (χ2v) is 6.24. The van der Waals surface area contributed by atoms with Gasteiger partial charge >= 0.3 is 0 Å². The van der Waals surface area contributed by atoms with Crippen molar-refractivity contribution in [1.29, 1.82) is 0 Å². The van der Waals surface area contributed by atoms with Crippen molar-refractivity contribution in [2.24, 2.45) is 0 Å². The lowest BCUT2D eigenvalue weighted by Gasteiger charge is -2.32. The molecule has 0 unspecified atom stereocenters. The van der Waals surface area contributed by atoms with E-state index in [9.17, 15) is 18.7 Å². The van der Waals surface area contributed by atoms with Gasteiger partial charge in [0, 0.05) is 23.3 Å². The lowest BCUT2D eigenvalue weighted by molar-refractivity contribution is -0.135. The smallest absolute Gasteiger partial charge is 0.262 e. The number of nitrogens with zero attached hydrogens (tertiary/aromatic N) is 1. The molecule has 2 atom stereocenters. The van der Waals surface area contributed by atoms with Crippen molar-refractivity contribution in [1.82, 2.24) is 10.3 Å². The first kappa shape index (κ1) is 17.7. The van der Waals surface area contributed by atoms with Crippen LogP contribution in [0.15, 0.2) is 30.5 Å². The number of benzene rings is 1. The van der Waals surface area contributed by atoms with Crippen LogP contribution in [0.3, 0.4) is 0 Å². The fourth-order valence-electron chi connectivity index (χ4n) is 2.88. The first-order chi connectivity index (χ1) is 11.8. The largest absolute Gasteiger partial charge is 0.387 e. The molecule has 1 aliphatic carbocycles. The zero-order chi connectivity index (χ0) is 18.2. The normalized spacial score (nSPS) is 22.4. The van der Waals surface area contributed by atoms with E-state index in [4.69, 9.17) is 11.6 Å². The van der Waals surface area contributed by atoms with Crippen LogP contribution in [-0.2, 0) is 17.0 Å². The predicted octanol–water partition coefficient (Wildman–Crippen LogP) is 3.32. The summed E-state index contributed by atoms with van der Waals surface area (Å²) in [6.45, 7) is -0.265. The fourth-order valence-corrected chi connectivity index (χ4v) is 3.09. The van der Waals surface area contributed by atoms with Crippen LogP contribution in [0, 0.1) is 11.6 Å². The Morgan fingerprint density at radius 2 is 2.12 bits per heavy atom. The Morgan fingerprint density at radius 1 is 1.40 bits per heavy atom. The fraction of sp³-hybridized carbons (Fsp3) is 0.294. The molecule has 0 spiro atoms. The molecular formula is C17H14ClF3N2O2. The Balaban J connectivity index is 1.82. The van der Waals surface area contributed by atoms with Crippen molar-refractivity contribution in [3.63, 3.8) is 0 Å². The van der Waals surface area contributed by atoms with Gasteiger partial charge in [0.25, 0.3) is 5.91 Å². The summed E-state index contributed by atoms with van der Waals surface area (Å²) < 4.78 is 41.7. The molecule has 3 rings (SSSR count). The van der Waals surface area contributed by atoms with Crippen LogP contribution in [0.2, 0.25) is 5.02 Å². The Hall–Kier alpha value is -2.12. The molecular weight excluding hydrogens is 357 g/mol. The second-order valence-electron chi connectivity index (χ2n) is 5.83. The van der Waals surface area contributed by atoms with Crippen molar-refractivity contribution < 1.29 is 23.1 Å². The SMILES string of the molecule is O=C(NCc1cc(F)c(F)cc1Cl)[C@@]1(F)CC[C@@H](O)c2ncccc21. The molecule has 0 radical (unpaired) electrons.